The molecule has 2 fully saturated rings. The lowest BCUT2D eigenvalue weighted by Gasteiger charge is -2.28. The number of hydrogen-bond donors (Lipinski definition) is 4. The molecule has 4 heterocycles. The van der Waals surface area contributed by atoms with Gasteiger partial charge in [-0.3, -0.25) is 9.59 Å². The molecule has 64 heavy (non-hydrogen) atoms. The van der Waals surface area contributed by atoms with Crippen molar-refractivity contribution in [3.05, 3.63) is 155 Å². The van der Waals surface area contributed by atoms with Gasteiger partial charge in [0, 0.05) is 29.8 Å². The SMILES string of the molecule is COC(=O)N[C@@H](C(=O)N1CCC[C@H]1c1ncc(-c2ccc(C#Cc3ccc(-c4cnc([C@@H]5CCCN5C(=O)[C@H](NC(=O)OC)c5ccccc5)[nH]4)cc3C#N)cc2)[nH]1)c1ccccc1. The molecule has 4 atom stereocenters. The quantitative estimate of drug-likeness (QED) is 0.102. The van der Waals surface area contributed by atoms with Crippen LogP contribution >= 0.6 is 0 Å². The molecule has 2 aromatic heterocycles. The highest BCUT2D eigenvalue weighted by molar-refractivity contribution is 5.88. The van der Waals surface area contributed by atoms with Gasteiger partial charge in [-0.2, -0.15) is 5.26 Å². The summed E-state index contributed by atoms with van der Waals surface area (Å²) in [6, 6.07) is 31.1. The number of benzene rings is 4. The number of nitrogens with one attached hydrogen (secondary N) is 4. The van der Waals surface area contributed by atoms with Crippen LogP contribution < -0.4 is 10.6 Å². The molecule has 0 bridgehead atoms. The molecule has 15 heteroatoms. The Hall–Kier alpha value is -8.17. The number of hydrogen-bond acceptors (Lipinski definition) is 9. The highest BCUT2D eigenvalue weighted by atomic mass is 16.5. The zero-order valence-electron chi connectivity index (χ0n) is 35.2. The monoisotopic (exact) mass is 855 g/mol. The van der Waals surface area contributed by atoms with Crippen LogP contribution in [0.5, 0.6) is 0 Å². The molecule has 15 nitrogen and oxygen atoms in total. The number of H-pyrrole nitrogens is 2. The van der Waals surface area contributed by atoms with Gasteiger partial charge in [-0.15, -0.1) is 0 Å². The van der Waals surface area contributed by atoms with Gasteiger partial charge in [-0.25, -0.2) is 19.6 Å². The molecule has 4 aromatic carbocycles. The summed E-state index contributed by atoms with van der Waals surface area (Å²) in [5.41, 5.74) is 6.12. The van der Waals surface area contributed by atoms with Crippen LogP contribution in [0.3, 0.4) is 0 Å². The Balaban J connectivity index is 0.935. The number of likely N-dealkylation sites (tertiary alicyclic amines) is 2. The molecule has 322 valence electrons. The summed E-state index contributed by atoms with van der Waals surface area (Å²) in [5.74, 6) is 7.09. The molecule has 0 unspecified atom stereocenters. The highest BCUT2D eigenvalue weighted by Crippen LogP contribution is 2.36. The molecule has 4 amide bonds. The van der Waals surface area contributed by atoms with Crippen molar-refractivity contribution in [1.82, 2.24) is 40.4 Å². The van der Waals surface area contributed by atoms with Crippen molar-refractivity contribution < 1.29 is 28.7 Å². The average molecular weight is 856 g/mol. The lowest BCUT2D eigenvalue weighted by Crippen LogP contribution is -2.42. The van der Waals surface area contributed by atoms with Gasteiger partial charge in [-0.05, 0) is 66.6 Å². The normalized spacial score (nSPS) is 16.5. The molecule has 0 spiro atoms. The van der Waals surface area contributed by atoms with Gasteiger partial charge >= 0.3 is 12.2 Å². The summed E-state index contributed by atoms with van der Waals surface area (Å²) in [5, 5.41) is 15.5. The van der Waals surface area contributed by atoms with Crippen LogP contribution in [-0.4, -0.2) is 81.0 Å². The predicted molar refractivity (Wildman–Crippen MR) is 236 cm³/mol. The number of aromatic amines is 2. The second kappa shape index (κ2) is 19.3. The lowest BCUT2D eigenvalue weighted by atomic mass is 10.0. The minimum atomic E-state index is -0.925. The highest BCUT2D eigenvalue weighted by Gasteiger charge is 2.38. The zero-order valence-corrected chi connectivity index (χ0v) is 35.2. The number of methoxy groups -OCH3 is 2. The van der Waals surface area contributed by atoms with E-state index in [9.17, 15) is 24.4 Å². The van der Waals surface area contributed by atoms with Crippen LogP contribution in [0.15, 0.2) is 116 Å². The van der Waals surface area contributed by atoms with E-state index in [0.29, 0.717) is 59.1 Å². The van der Waals surface area contributed by atoms with Crippen LogP contribution in [0.4, 0.5) is 9.59 Å². The Morgan fingerprint density at radius 3 is 1.62 bits per heavy atom. The van der Waals surface area contributed by atoms with Gasteiger partial charge in [0.25, 0.3) is 11.8 Å². The molecule has 6 aromatic rings. The molecule has 2 aliphatic heterocycles. The molecule has 8 rings (SSSR count). The Labute approximate surface area is 369 Å². The van der Waals surface area contributed by atoms with Crippen LogP contribution in [0.25, 0.3) is 22.5 Å². The van der Waals surface area contributed by atoms with Crippen LogP contribution in [0.2, 0.25) is 0 Å². The molecule has 4 N–H and O–H groups in total. The maximum absolute atomic E-state index is 13.9. The second-order valence-electron chi connectivity index (χ2n) is 15.4. The molecule has 0 saturated carbocycles. The first-order valence-electron chi connectivity index (χ1n) is 20.9. The molecular weight excluding hydrogens is 811 g/mol. The third-order valence-corrected chi connectivity index (χ3v) is 11.5. The van der Waals surface area contributed by atoms with E-state index in [1.54, 1.807) is 58.6 Å². The van der Waals surface area contributed by atoms with E-state index in [4.69, 9.17) is 9.47 Å². The maximum Gasteiger partial charge on any atom is 0.407 e. The molecule has 2 aliphatic rings. The number of rotatable bonds is 10. The van der Waals surface area contributed by atoms with Gasteiger partial charge in [0.05, 0.1) is 55.6 Å². The van der Waals surface area contributed by atoms with Crippen molar-refractivity contribution in [2.75, 3.05) is 27.3 Å². The molecule has 0 radical (unpaired) electrons. The van der Waals surface area contributed by atoms with Crippen molar-refractivity contribution in [3.8, 4) is 40.4 Å². The summed E-state index contributed by atoms with van der Waals surface area (Å²) in [4.78, 5) is 71.8. The average Bonchev–Trinajstić information content (AvgIpc) is 4.20. The number of amides is 4. The van der Waals surface area contributed by atoms with Crippen molar-refractivity contribution >= 4 is 24.0 Å². The first-order chi connectivity index (χ1) is 31.2. The summed E-state index contributed by atoms with van der Waals surface area (Å²) >= 11 is 0. The predicted octanol–water partition coefficient (Wildman–Crippen LogP) is 7.26. The Morgan fingerprint density at radius 1 is 0.656 bits per heavy atom. The summed E-state index contributed by atoms with van der Waals surface area (Å²) in [6.07, 6.45) is 5.02. The van der Waals surface area contributed by atoms with Crippen LogP contribution in [0, 0.1) is 23.2 Å². The van der Waals surface area contributed by atoms with Crippen molar-refractivity contribution in [1.29, 1.82) is 5.26 Å². The van der Waals surface area contributed by atoms with Crippen molar-refractivity contribution in [3.63, 3.8) is 0 Å². The number of aromatic nitrogens is 4. The van der Waals surface area contributed by atoms with Crippen LogP contribution in [0.1, 0.15) is 89.3 Å². The minimum Gasteiger partial charge on any atom is -0.453 e. The number of alkyl carbamates (subject to hydrolysis) is 2. The minimum absolute atomic E-state index is 0.240. The number of nitrogens with zero attached hydrogens (tertiary/aromatic N) is 5. The first-order valence-corrected chi connectivity index (χ1v) is 20.9. The van der Waals surface area contributed by atoms with E-state index in [1.807, 2.05) is 66.7 Å². The van der Waals surface area contributed by atoms with Crippen molar-refractivity contribution in [2.45, 2.75) is 49.9 Å². The summed E-state index contributed by atoms with van der Waals surface area (Å²) in [7, 11) is 2.53. The Morgan fingerprint density at radius 2 is 1.14 bits per heavy atom. The number of carbonyl (C=O) groups excluding carboxylic acids is 4. The van der Waals surface area contributed by atoms with E-state index in [2.05, 4.69) is 48.5 Å². The smallest absolute Gasteiger partial charge is 0.407 e. The third kappa shape index (κ3) is 9.19. The van der Waals surface area contributed by atoms with E-state index in [0.717, 1.165) is 41.6 Å². The lowest BCUT2D eigenvalue weighted by molar-refractivity contribution is -0.135. The summed E-state index contributed by atoms with van der Waals surface area (Å²) < 4.78 is 9.63. The van der Waals surface area contributed by atoms with Gasteiger partial charge in [-0.1, -0.05) is 90.7 Å². The van der Waals surface area contributed by atoms with E-state index in [1.165, 1.54) is 14.2 Å². The van der Waals surface area contributed by atoms with Gasteiger partial charge in [0.15, 0.2) is 0 Å². The first kappa shape index (κ1) is 42.5. The molecule has 0 aliphatic carbocycles. The van der Waals surface area contributed by atoms with Crippen LogP contribution in [-0.2, 0) is 19.1 Å². The number of nitriles is 1. The zero-order chi connectivity index (χ0) is 44.6. The van der Waals surface area contributed by atoms with E-state index >= 15 is 0 Å². The standard InChI is InChI=1S/C49H45N9O6/c1-63-48(61)55-42(34-11-5-3-6-12-34)46(59)57-25-9-15-40(57)44-51-29-38(53-44)33-21-18-31(19-22-33)17-20-32-23-24-36(27-37(32)28-50)39-30-52-45(54-39)41-16-10-26-58(41)47(60)43(56-49(62)64-2)35-13-7-4-8-14-35/h3-8,11-14,18-19,21-24,27,29-30,40-43H,9-10,15-16,25-26H2,1-2H3,(H,51,53)(H,52,54)(H,55,61)(H,56,62)/t40-,41-,42+,43+/m0/s1. The van der Waals surface area contributed by atoms with E-state index < -0.39 is 24.3 Å². The maximum atomic E-state index is 13.9. The third-order valence-electron chi connectivity index (χ3n) is 11.5. The molecular formula is C49H45N9O6. The Kier molecular flexibility index (Phi) is 12.8. The topological polar surface area (TPSA) is 198 Å². The largest absolute Gasteiger partial charge is 0.453 e. The second-order valence-corrected chi connectivity index (χ2v) is 15.4. The van der Waals surface area contributed by atoms with Gasteiger partial charge < -0.3 is 39.9 Å². The molecule has 2 saturated heterocycles. The fraction of sp³-hybridized carbons (Fsp3) is 0.245. The fourth-order valence-corrected chi connectivity index (χ4v) is 8.27. The van der Waals surface area contributed by atoms with Crippen molar-refractivity contribution in [2.24, 2.45) is 0 Å². The number of ether oxygens (including phenoxy) is 2. The van der Waals surface area contributed by atoms with Gasteiger partial charge in [0.1, 0.15) is 29.8 Å². The Bertz CT molecular complexity index is 2750. The number of carbonyl (C=O) groups is 4. The summed E-state index contributed by atoms with van der Waals surface area (Å²) in [6.45, 7) is 1.03. The number of imidazole rings is 2. The fourth-order valence-electron chi connectivity index (χ4n) is 8.27. The van der Waals surface area contributed by atoms with E-state index in [-0.39, 0.29) is 23.9 Å². The van der Waals surface area contributed by atoms with Gasteiger partial charge in [0.2, 0.25) is 0 Å².